The van der Waals surface area contributed by atoms with Gasteiger partial charge in [0.15, 0.2) is 5.82 Å². The molecule has 3 rings (SSSR count). The average Bonchev–Trinajstić information content (AvgIpc) is 2.88. The summed E-state index contributed by atoms with van der Waals surface area (Å²) >= 11 is 0. The second-order valence-corrected chi connectivity index (χ2v) is 9.75. The molecule has 1 aromatic rings. The van der Waals surface area contributed by atoms with Crippen LogP contribution in [0.4, 0.5) is 5.82 Å². The molecule has 1 aliphatic heterocycles. The Morgan fingerprint density at radius 1 is 1.19 bits per heavy atom. The topological polar surface area (TPSA) is 95.2 Å². The summed E-state index contributed by atoms with van der Waals surface area (Å²) in [5, 5.41) is 9.80. The molecule has 0 atom stereocenters. The molecule has 1 amide bonds. The van der Waals surface area contributed by atoms with Crippen molar-refractivity contribution in [3.63, 3.8) is 0 Å². The van der Waals surface area contributed by atoms with Gasteiger partial charge in [-0.25, -0.2) is 12.7 Å². The van der Waals surface area contributed by atoms with E-state index < -0.39 is 21.7 Å². The number of aromatic amines is 1. The molecule has 1 aromatic heterocycles. The van der Waals surface area contributed by atoms with Crippen molar-refractivity contribution in [3.05, 3.63) is 11.8 Å². The van der Waals surface area contributed by atoms with Crippen molar-refractivity contribution < 1.29 is 13.2 Å². The molecule has 0 aromatic carbocycles. The van der Waals surface area contributed by atoms with Crippen LogP contribution < -0.4 is 5.32 Å². The summed E-state index contributed by atoms with van der Waals surface area (Å²) in [4.78, 5) is 12.2. The van der Waals surface area contributed by atoms with Crippen LogP contribution in [-0.2, 0) is 14.8 Å². The normalized spacial score (nSPS) is 21.4. The molecular formula is C18H30N4O3S. The number of anilines is 1. The van der Waals surface area contributed by atoms with Gasteiger partial charge >= 0.3 is 0 Å². The van der Waals surface area contributed by atoms with Crippen LogP contribution in [0.5, 0.6) is 0 Å². The molecule has 0 bridgehead atoms. The Kier molecular flexibility index (Phi) is 6.34. The van der Waals surface area contributed by atoms with E-state index in [0.717, 1.165) is 31.4 Å². The van der Waals surface area contributed by atoms with Crippen LogP contribution in [0, 0.1) is 5.92 Å². The lowest BCUT2D eigenvalue weighted by Gasteiger charge is -2.29. The lowest BCUT2D eigenvalue weighted by atomic mass is 9.97. The van der Waals surface area contributed by atoms with Crippen molar-refractivity contribution in [2.75, 3.05) is 24.2 Å². The third-order valence-corrected chi connectivity index (χ3v) is 7.39. The van der Waals surface area contributed by atoms with Crippen molar-refractivity contribution in [2.45, 2.75) is 64.2 Å². The fourth-order valence-electron chi connectivity index (χ4n) is 3.90. The van der Waals surface area contributed by atoms with Crippen LogP contribution in [0.25, 0.3) is 0 Å². The number of carbonyl (C=O) groups excluding carboxylic acids is 1. The van der Waals surface area contributed by atoms with Crippen molar-refractivity contribution in [3.8, 4) is 0 Å². The van der Waals surface area contributed by atoms with Gasteiger partial charge in [0, 0.05) is 30.8 Å². The number of hydrogen-bond acceptors (Lipinski definition) is 4. The summed E-state index contributed by atoms with van der Waals surface area (Å²) in [5.74, 6) is 0.364. The van der Waals surface area contributed by atoms with Gasteiger partial charge in [0.05, 0.1) is 0 Å². The van der Waals surface area contributed by atoms with E-state index in [9.17, 15) is 13.2 Å². The van der Waals surface area contributed by atoms with E-state index in [1.807, 2.05) is 6.07 Å². The molecule has 0 radical (unpaired) electrons. The third kappa shape index (κ3) is 5.07. The van der Waals surface area contributed by atoms with Crippen LogP contribution in [0.1, 0.15) is 69.9 Å². The van der Waals surface area contributed by atoms with Crippen molar-refractivity contribution in [2.24, 2.45) is 5.92 Å². The quantitative estimate of drug-likeness (QED) is 0.766. The number of rotatable bonds is 5. The van der Waals surface area contributed by atoms with Crippen molar-refractivity contribution >= 4 is 21.7 Å². The molecule has 1 saturated carbocycles. The maximum atomic E-state index is 12.4. The summed E-state index contributed by atoms with van der Waals surface area (Å²) in [7, 11) is -3.56. The summed E-state index contributed by atoms with van der Waals surface area (Å²) in [5.41, 5.74) is 1.04. The smallest absolute Gasteiger partial charge is 0.242 e. The number of carbonyl (C=O) groups is 1. The van der Waals surface area contributed by atoms with Gasteiger partial charge in [-0.15, -0.1) is 0 Å². The minimum Gasteiger partial charge on any atom is -0.308 e. The van der Waals surface area contributed by atoms with Gasteiger partial charge in [-0.05, 0) is 31.6 Å². The Hall–Kier alpha value is -1.41. The van der Waals surface area contributed by atoms with Gasteiger partial charge in [0.1, 0.15) is 5.75 Å². The largest absolute Gasteiger partial charge is 0.308 e. The number of aromatic nitrogens is 2. The number of H-pyrrole nitrogens is 1. The highest BCUT2D eigenvalue weighted by Gasteiger charge is 2.29. The molecule has 2 heterocycles. The van der Waals surface area contributed by atoms with Gasteiger partial charge < -0.3 is 5.32 Å². The van der Waals surface area contributed by atoms with Gasteiger partial charge in [-0.1, -0.05) is 32.6 Å². The number of sulfonamides is 1. The average molecular weight is 383 g/mol. The standard InChI is InChI=1S/C18H30N4O3S/c1-14-8-10-22(11-9-14)26(24,25)13-18(23)19-17-12-16(20-21-17)15-6-4-2-3-5-7-15/h12,14-15H,2-11,13H2,1H3,(H2,19,20,21,23). The molecule has 0 spiro atoms. The zero-order valence-electron chi connectivity index (χ0n) is 15.5. The maximum absolute atomic E-state index is 12.4. The summed E-state index contributed by atoms with van der Waals surface area (Å²) in [6.45, 7) is 3.14. The van der Waals surface area contributed by atoms with E-state index in [0.29, 0.717) is 30.7 Å². The first-order valence-corrected chi connectivity index (χ1v) is 11.4. The monoisotopic (exact) mass is 382 g/mol. The molecule has 0 unspecified atom stereocenters. The van der Waals surface area contributed by atoms with Crippen LogP contribution in [0.2, 0.25) is 0 Å². The van der Waals surface area contributed by atoms with Crippen LogP contribution in [0.3, 0.4) is 0 Å². The second-order valence-electron chi connectivity index (χ2n) is 7.78. The molecule has 146 valence electrons. The Morgan fingerprint density at radius 2 is 1.85 bits per heavy atom. The minimum absolute atomic E-state index is 0.414. The highest BCUT2D eigenvalue weighted by atomic mass is 32.2. The van der Waals surface area contributed by atoms with Crippen LogP contribution in [-0.4, -0.2) is 47.7 Å². The number of piperidine rings is 1. The fourth-order valence-corrected chi connectivity index (χ4v) is 5.25. The zero-order chi connectivity index (χ0) is 18.6. The molecule has 1 saturated heterocycles. The molecular weight excluding hydrogens is 352 g/mol. The highest BCUT2D eigenvalue weighted by Crippen LogP contribution is 2.31. The maximum Gasteiger partial charge on any atom is 0.242 e. The Labute approximate surface area is 156 Å². The van der Waals surface area contributed by atoms with E-state index in [-0.39, 0.29) is 0 Å². The van der Waals surface area contributed by atoms with E-state index in [4.69, 9.17) is 0 Å². The Balaban J connectivity index is 1.54. The molecule has 26 heavy (non-hydrogen) atoms. The minimum atomic E-state index is -3.56. The first-order chi connectivity index (χ1) is 12.4. The summed E-state index contributed by atoms with van der Waals surface area (Å²) in [6.07, 6.45) is 8.98. The predicted molar refractivity (Wildman–Crippen MR) is 101 cm³/mol. The number of nitrogens with one attached hydrogen (secondary N) is 2. The molecule has 1 aliphatic carbocycles. The van der Waals surface area contributed by atoms with Gasteiger partial charge in [-0.2, -0.15) is 5.10 Å². The number of hydrogen-bond donors (Lipinski definition) is 2. The lowest BCUT2D eigenvalue weighted by Crippen LogP contribution is -2.41. The number of amides is 1. The fraction of sp³-hybridized carbons (Fsp3) is 0.778. The van der Waals surface area contributed by atoms with E-state index in [2.05, 4.69) is 22.4 Å². The van der Waals surface area contributed by atoms with E-state index in [1.165, 1.54) is 30.0 Å². The van der Waals surface area contributed by atoms with E-state index in [1.54, 1.807) is 0 Å². The lowest BCUT2D eigenvalue weighted by molar-refractivity contribution is -0.114. The Morgan fingerprint density at radius 3 is 2.50 bits per heavy atom. The molecule has 2 N–H and O–H groups in total. The third-order valence-electron chi connectivity index (χ3n) is 5.61. The Bertz CT molecular complexity index is 700. The van der Waals surface area contributed by atoms with Gasteiger partial charge in [-0.3, -0.25) is 9.89 Å². The molecule has 8 heteroatoms. The van der Waals surface area contributed by atoms with Gasteiger partial charge in [0.2, 0.25) is 15.9 Å². The first kappa shape index (κ1) is 19.4. The SMILES string of the molecule is CC1CCN(S(=O)(=O)CC(=O)Nc2cc(C3CCCCCC3)[nH]n2)CC1. The van der Waals surface area contributed by atoms with Crippen molar-refractivity contribution in [1.82, 2.24) is 14.5 Å². The van der Waals surface area contributed by atoms with Crippen molar-refractivity contribution in [1.29, 1.82) is 0 Å². The first-order valence-electron chi connectivity index (χ1n) is 9.77. The zero-order valence-corrected chi connectivity index (χ0v) is 16.4. The summed E-state index contributed by atoms with van der Waals surface area (Å²) < 4.78 is 26.3. The van der Waals surface area contributed by atoms with Crippen LogP contribution in [0.15, 0.2) is 6.07 Å². The summed E-state index contributed by atoms with van der Waals surface area (Å²) in [6, 6.07) is 1.85. The van der Waals surface area contributed by atoms with Gasteiger partial charge in [0.25, 0.3) is 0 Å². The predicted octanol–water partition coefficient (Wildman–Crippen LogP) is 2.85. The number of nitrogens with zero attached hydrogens (tertiary/aromatic N) is 2. The van der Waals surface area contributed by atoms with E-state index >= 15 is 0 Å². The van der Waals surface area contributed by atoms with Crippen LogP contribution >= 0.6 is 0 Å². The molecule has 2 fully saturated rings. The molecule has 2 aliphatic rings. The molecule has 7 nitrogen and oxygen atoms in total. The second kappa shape index (κ2) is 8.52. The highest BCUT2D eigenvalue weighted by molar-refractivity contribution is 7.89.